The molecule has 10 heavy (non-hydrogen) atoms. The van der Waals surface area contributed by atoms with Gasteiger partial charge in [-0.15, -0.1) is 0 Å². The smallest absolute Gasteiger partial charge is 0.329 e. The molecule has 4 heteroatoms. The number of hydrogen-bond donors (Lipinski definition) is 1. The Labute approximate surface area is 59.7 Å². The number of carboxylic acid groups (broad SMARTS) is 1. The minimum absolute atomic E-state index is 0.299. The van der Waals surface area contributed by atoms with Crippen molar-refractivity contribution in [1.82, 2.24) is 0 Å². The first-order valence-electron chi connectivity index (χ1n) is 3.06. The summed E-state index contributed by atoms with van der Waals surface area (Å²) in [6.07, 6.45) is 0.264. The Morgan fingerprint density at radius 3 is 2.60 bits per heavy atom. The molecule has 60 valence electrons. The van der Waals surface area contributed by atoms with Crippen molar-refractivity contribution in [3.05, 3.63) is 0 Å². The lowest BCUT2D eigenvalue weighted by Gasteiger charge is -2.11. The summed E-state index contributed by atoms with van der Waals surface area (Å²) in [6, 6.07) is 0. The summed E-state index contributed by atoms with van der Waals surface area (Å²) >= 11 is 0. The molecule has 0 spiro atoms. The van der Waals surface area contributed by atoms with E-state index in [-0.39, 0.29) is 6.61 Å². The fourth-order valence-electron chi connectivity index (χ4n) is 0.517. The molecule has 0 fully saturated rings. The van der Waals surface area contributed by atoms with E-state index in [1.165, 1.54) is 7.11 Å². The Hall–Kier alpha value is -0.610. The zero-order valence-corrected chi connectivity index (χ0v) is 6.16. The quantitative estimate of drug-likeness (QED) is 0.576. The maximum absolute atomic E-state index is 9.96. The van der Waals surface area contributed by atoms with Gasteiger partial charge in [0.25, 0.3) is 0 Å². The molecular formula is C6H12O4. The Morgan fingerprint density at radius 1 is 1.70 bits per heavy atom. The number of aliphatic carboxylic acids is 1. The van der Waals surface area contributed by atoms with Crippen molar-refractivity contribution in [2.24, 2.45) is 0 Å². The molecule has 0 aromatic rings. The lowest BCUT2D eigenvalue weighted by molar-refractivity contribution is -0.162. The van der Waals surface area contributed by atoms with Gasteiger partial charge in [-0.3, -0.25) is 0 Å². The molecule has 0 aromatic heterocycles. The van der Waals surface area contributed by atoms with Gasteiger partial charge in [0, 0.05) is 7.11 Å². The van der Waals surface area contributed by atoms with Gasteiger partial charge in [0.15, 0.2) is 6.29 Å². The average Bonchev–Trinajstić information content (AvgIpc) is 1.90. The van der Waals surface area contributed by atoms with Crippen LogP contribution in [-0.2, 0) is 14.3 Å². The molecule has 1 atom stereocenters. The third-order valence-electron chi connectivity index (χ3n) is 0.989. The van der Waals surface area contributed by atoms with Crippen LogP contribution in [0.15, 0.2) is 0 Å². The number of rotatable bonds is 5. The number of carboxylic acids is 1. The summed E-state index contributed by atoms with van der Waals surface area (Å²) in [7, 11) is 1.48. The van der Waals surface area contributed by atoms with Crippen LogP contribution < -0.4 is 0 Å². The predicted octanol–water partition coefficient (Wildman–Crippen LogP) is 0.470. The van der Waals surface area contributed by atoms with E-state index in [1.807, 2.05) is 6.92 Å². The van der Waals surface area contributed by atoms with E-state index in [2.05, 4.69) is 0 Å². The molecule has 0 bridgehead atoms. The van der Waals surface area contributed by atoms with E-state index in [1.54, 1.807) is 0 Å². The van der Waals surface area contributed by atoms with Crippen LogP contribution in [0.1, 0.15) is 13.3 Å². The molecule has 0 saturated carbocycles. The molecule has 0 rings (SSSR count). The van der Waals surface area contributed by atoms with E-state index in [9.17, 15) is 4.79 Å². The van der Waals surface area contributed by atoms with Gasteiger partial charge in [0.05, 0.1) is 0 Å². The number of hydrogen-bond acceptors (Lipinski definition) is 3. The number of carbonyl (C=O) groups is 1. The summed E-state index contributed by atoms with van der Waals surface area (Å²) in [5.74, 6) is -0.976. The van der Waals surface area contributed by atoms with Gasteiger partial charge in [-0.2, -0.15) is 0 Å². The summed E-state index contributed by atoms with van der Waals surface area (Å²) in [6.45, 7) is 1.56. The van der Waals surface area contributed by atoms with Crippen LogP contribution in [0.5, 0.6) is 0 Å². The SMILES string of the molecule is CCC(OC)OCC(=O)O. The van der Waals surface area contributed by atoms with Crippen LogP contribution in [0, 0.1) is 0 Å². The Kier molecular flexibility index (Phi) is 4.88. The largest absolute Gasteiger partial charge is 0.480 e. The fourth-order valence-corrected chi connectivity index (χ4v) is 0.517. The highest BCUT2D eigenvalue weighted by Crippen LogP contribution is 1.96. The van der Waals surface area contributed by atoms with E-state index < -0.39 is 12.3 Å². The highest BCUT2D eigenvalue weighted by molar-refractivity contribution is 5.67. The molecule has 0 aliphatic carbocycles. The standard InChI is InChI=1S/C6H12O4/c1-3-6(9-2)10-4-5(7)8/h6H,3-4H2,1-2H3,(H,7,8). The first-order chi connectivity index (χ1) is 4.70. The molecule has 0 aliphatic rings. The minimum atomic E-state index is -0.976. The molecule has 0 radical (unpaired) electrons. The molecule has 1 N–H and O–H groups in total. The highest BCUT2D eigenvalue weighted by Gasteiger charge is 2.05. The Morgan fingerprint density at radius 2 is 2.30 bits per heavy atom. The minimum Gasteiger partial charge on any atom is -0.480 e. The first kappa shape index (κ1) is 9.39. The van der Waals surface area contributed by atoms with Crippen molar-refractivity contribution in [2.45, 2.75) is 19.6 Å². The van der Waals surface area contributed by atoms with Crippen molar-refractivity contribution in [3.8, 4) is 0 Å². The van der Waals surface area contributed by atoms with Crippen LogP contribution in [0.25, 0.3) is 0 Å². The topological polar surface area (TPSA) is 55.8 Å². The summed E-state index contributed by atoms with van der Waals surface area (Å²) < 4.78 is 9.54. The zero-order valence-electron chi connectivity index (χ0n) is 6.16. The molecule has 0 aliphatic heterocycles. The van der Waals surface area contributed by atoms with Crippen molar-refractivity contribution in [2.75, 3.05) is 13.7 Å². The van der Waals surface area contributed by atoms with Crippen molar-refractivity contribution in [1.29, 1.82) is 0 Å². The van der Waals surface area contributed by atoms with Crippen LogP contribution >= 0.6 is 0 Å². The molecule has 4 nitrogen and oxygen atoms in total. The normalized spacial score (nSPS) is 13.0. The summed E-state index contributed by atoms with van der Waals surface area (Å²) in [4.78, 5) is 9.96. The summed E-state index contributed by atoms with van der Waals surface area (Å²) in [5.41, 5.74) is 0. The van der Waals surface area contributed by atoms with Gasteiger partial charge < -0.3 is 14.6 Å². The van der Waals surface area contributed by atoms with Crippen LogP contribution in [0.3, 0.4) is 0 Å². The third kappa shape index (κ3) is 4.29. The van der Waals surface area contributed by atoms with Crippen molar-refractivity contribution < 1.29 is 19.4 Å². The molecule has 0 aromatic carbocycles. The lowest BCUT2D eigenvalue weighted by atomic mass is 10.5. The number of ether oxygens (including phenoxy) is 2. The summed E-state index contributed by atoms with van der Waals surface area (Å²) in [5, 5.41) is 8.17. The van der Waals surface area contributed by atoms with Crippen LogP contribution in [-0.4, -0.2) is 31.1 Å². The van der Waals surface area contributed by atoms with E-state index in [0.717, 1.165) is 0 Å². The molecule has 1 unspecified atom stereocenters. The maximum Gasteiger partial charge on any atom is 0.329 e. The number of methoxy groups -OCH3 is 1. The van der Waals surface area contributed by atoms with Crippen LogP contribution in [0.4, 0.5) is 0 Å². The van der Waals surface area contributed by atoms with E-state index in [0.29, 0.717) is 6.42 Å². The van der Waals surface area contributed by atoms with Crippen molar-refractivity contribution >= 4 is 5.97 Å². The molecule has 0 heterocycles. The molecule has 0 amide bonds. The lowest BCUT2D eigenvalue weighted by Crippen LogP contribution is -2.18. The van der Waals surface area contributed by atoms with Gasteiger partial charge in [0.2, 0.25) is 0 Å². The second-order valence-electron chi connectivity index (χ2n) is 1.78. The van der Waals surface area contributed by atoms with Crippen LogP contribution in [0.2, 0.25) is 0 Å². The fraction of sp³-hybridized carbons (Fsp3) is 0.833. The first-order valence-corrected chi connectivity index (χ1v) is 3.06. The Balaban J connectivity index is 3.34. The predicted molar refractivity (Wildman–Crippen MR) is 34.7 cm³/mol. The van der Waals surface area contributed by atoms with Gasteiger partial charge in [-0.1, -0.05) is 6.92 Å². The second-order valence-corrected chi connectivity index (χ2v) is 1.78. The van der Waals surface area contributed by atoms with E-state index >= 15 is 0 Å². The highest BCUT2D eigenvalue weighted by atomic mass is 16.7. The van der Waals surface area contributed by atoms with Gasteiger partial charge in [-0.25, -0.2) is 4.79 Å². The molecular weight excluding hydrogens is 136 g/mol. The Bertz CT molecular complexity index is 97.9. The molecule has 0 saturated heterocycles. The van der Waals surface area contributed by atoms with Gasteiger partial charge >= 0.3 is 5.97 Å². The zero-order chi connectivity index (χ0) is 7.98. The average molecular weight is 148 g/mol. The second kappa shape index (κ2) is 5.20. The maximum atomic E-state index is 9.96. The third-order valence-corrected chi connectivity index (χ3v) is 0.989. The van der Waals surface area contributed by atoms with Gasteiger partial charge in [0.1, 0.15) is 6.61 Å². The van der Waals surface area contributed by atoms with Crippen molar-refractivity contribution in [3.63, 3.8) is 0 Å². The van der Waals surface area contributed by atoms with Gasteiger partial charge in [-0.05, 0) is 6.42 Å². The van der Waals surface area contributed by atoms with E-state index in [4.69, 9.17) is 14.6 Å². The monoisotopic (exact) mass is 148 g/mol.